The van der Waals surface area contributed by atoms with E-state index in [1.807, 2.05) is 60.7 Å². The minimum absolute atomic E-state index is 0.592. The van der Waals surface area contributed by atoms with E-state index in [0.717, 1.165) is 16.0 Å². The van der Waals surface area contributed by atoms with Crippen LogP contribution in [0.2, 0.25) is 0 Å². The molecule has 94 valence electrons. The van der Waals surface area contributed by atoms with E-state index >= 15 is 0 Å². The van der Waals surface area contributed by atoms with Crippen LogP contribution >= 0.6 is 0 Å². The van der Waals surface area contributed by atoms with Crippen molar-refractivity contribution < 1.29 is 5.21 Å². The van der Waals surface area contributed by atoms with Gasteiger partial charge in [-0.15, -0.1) is 5.10 Å². The summed E-state index contributed by atoms with van der Waals surface area (Å²) >= 11 is 0. The average molecular weight is 251 g/mol. The van der Waals surface area contributed by atoms with Crippen molar-refractivity contribution in [2.24, 2.45) is 0 Å². The van der Waals surface area contributed by atoms with E-state index in [-0.39, 0.29) is 0 Å². The summed E-state index contributed by atoms with van der Waals surface area (Å²) in [6, 6.07) is 19.7. The first-order chi connectivity index (χ1) is 9.34. The van der Waals surface area contributed by atoms with Gasteiger partial charge in [-0.2, -0.15) is 0 Å². The predicted octanol–water partition coefficient (Wildman–Crippen LogP) is 2.77. The maximum Gasteiger partial charge on any atom is 0.120 e. The summed E-state index contributed by atoms with van der Waals surface area (Å²) in [7, 11) is 0. The van der Waals surface area contributed by atoms with E-state index in [1.165, 1.54) is 0 Å². The van der Waals surface area contributed by atoms with Crippen LogP contribution in [0.5, 0.6) is 0 Å². The molecule has 4 nitrogen and oxygen atoms in total. The summed E-state index contributed by atoms with van der Waals surface area (Å²) in [4.78, 5) is 0.856. The highest BCUT2D eigenvalue weighted by atomic mass is 16.5. The van der Waals surface area contributed by atoms with Crippen molar-refractivity contribution in [2.75, 3.05) is 0 Å². The Kier molecular flexibility index (Phi) is 2.98. The molecule has 0 fully saturated rings. The monoisotopic (exact) mass is 251 g/mol. The number of hydrogen-bond acceptors (Lipinski definition) is 3. The van der Waals surface area contributed by atoms with E-state index < -0.39 is 0 Å². The first kappa shape index (κ1) is 11.5. The molecule has 3 aromatic rings. The average Bonchev–Trinajstić information content (AvgIpc) is 2.82. The summed E-state index contributed by atoms with van der Waals surface area (Å²) in [6.07, 6.45) is 0.592. The minimum atomic E-state index is 0.592. The first-order valence-corrected chi connectivity index (χ1v) is 6.08. The second kappa shape index (κ2) is 4.94. The lowest BCUT2D eigenvalue weighted by Gasteiger charge is -2.03. The standard InChI is InChI=1S/C15H13N3O/c19-18-14(11-12-7-3-1-4-8-12)15(16-17-18)13-9-5-2-6-10-13/h1-10,19H,11H2. The van der Waals surface area contributed by atoms with Crippen molar-refractivity contribution in [3.8, 4) is 11.3 Å². The Morgan fingerprint density at radius 1 is 0.895 bits per heavy atom. The second-order valence-corrected chi connectivity index (χ2v) is 4.30. The van der Waals surface area contributed by atoms with Crippen LogP contribution in [0.1, 0.15) is 11.3 Å². The highest BCUT2D eigenvalue weighted by Crippen LogP contribution is 2.22. The summed E-state index contributed by atoms with van der Waals surface area (Å²) < 4.78 is 0. The van der Waals surface area contributed by atoms with Crippen LogP contribution in [0.25, 0.3) is 11.3 Å². The largest absolute Gasteiger partial charge is 0.410 e. The highest BCUT2D eigenvalue weighted by Gasteiger charge is 2.14. The lowest BCUT2D eigenvalue weighted by atomic mass is 10.0. The molecule has 0 radical (unpaired) electrons. The lowest BCUT2D eigenvalue weighted by molar-refractivity contribution is 0.135. The molecule has 0 unspecified atom stereocenters. The summed E-state index contributed by atoms with van der Waals surface area (Å²) in [5, 5.41) is 17.6. The third kappa shape index (κ3) is 2.33. The van der Waals surface area contributed by atoms with Crippen LogP contribution < -0.4 is 0 Å². The molecule has 1 N–H and O–H groups in total. The fraction of sp³-hybridized carbons (Fsp3) is 0.0667. The van der Waals surface area contributed by atoms with E-state index in [4.69, 9.17) is 0 Å². The molecule has 0 saturated carbocycles. The van der Waals surface area contributed by atoms with Gasteiger partial charge in [0.15, 0.2) is 0 Å². The zero-order valence-corrected chi connectivity index (χ0v) is 10.3. The molecule has 1 heterocycles. The first-order valence-electron chi connectivity index (χ1n) is 6.08. The fourth-order valence-corrected chi connectivity index (χ4v) is 2.06. The van der Waals surface area contributed by atoms with Crippen LogP contribution in [0.3, 0.4) is 0 Å². The van der Waals surface area contributed by atoms with Gasteiger partial charge in [-0.1, -0.05) is 65.5 Å². The van der Waals surface area contributed by atoms with Gasteiger partial charge in [-0.3, -0.25) is 0 Å². The van der Waals surface area contributed by atoms with E-state index in [9.17, 15) is 5.21 Å². The number of rotatable bonds is 3. The molecular weight excluding hydrogens is 238 g/mol. The molecule has 19 heavy (non-hydrogen) atoms. The number of hydrogen-bond donors (Lipinski definition) is 1. The topological polar surface area (TPSA) is 50.9 Å². The van der Waals surface area contributed by atoms with Gasteiger partial charge in [-0.25, -0.2) is 0 Å². The Morgan fingerprint density at radius 3 is 2.21 bits per heavy atom. The Morgan fingerprint density at radius 2 is 1.53 bits per heavy atom. The molecule has 0 aliphatic heterocycles. The van der Waals surface area contributed by atoms with Gasteiger partial charge in [0, 0.05) is 12.0 Å². The maximum atomic E-state index is 9.80. The predicted molar refractivity (Wildman–Crippen MR) is 71.9 cm³/mol. The molecule has 0 amide bonds. The lowest BCUT2D eigenvalue weighted by Crippen LogP contribution is -2.01. The highest BCUT2D eigenvalue weighted by molar-refractivity contribution is 5.61. The second-order valence-electron chi connectivity index (χ2n) is 4.30. The number of aromatic nitrogens is 3. The maximum absolute atomic E-state index is 9.80. The van der Waals surface area contributed by atoms with Gasteiger partial charge < -0.3 is 5.21 Å². The molecule has 4 heteroatoms. The molecule has 0 bridgehead atoms. The summed E-state index contributed by atoms with van der Waals surface area (Å²) in [5.74, 6) is 0. The Labute approximate surface area is 110 Å². The van der Waals surface area contributed by atoms with Crippen molar-refractivity contribution >= 4 is 0 Å². The van der Waals surface area contributed by atoms with Gasteiger partial charge in [0.05, 0.1) is 0 Å². The van der Waals surface area contributed by atoms with Gasteiger partial charge in [0.1, 0.15) is 11.4 Å². The van der Waals surface area contributed by atoms with Gasteiger partial charge in [-0.05, 0) is 10.8 Å². The van der Waals surface area contributed by atoms with Gasteiger partial charge >= 0.3 is 0 Å². The zero-order chi connectivity index (χ0) is 13.1. The molecule has 0 spiro atoms. The zero-order valence-electron chi connectivity index (χ0n) is 10.3. The van der Waals surface area contributed by atoms with Crippen LogP contribution in [0, 0.1) is 0 Å². The van der Waals surface area contributed by atoms with E-state index in [0.29, 0.717) is 17.8 Å². The summed E-state index contributed by atoms with van der Waals surface area (Å²) in [5.41, 5.74) is 3.47. The quantitative estimate of drug-likeness (QED) is 0.728. The van der Waals surface area contributed by atoms with Crippen molar-refractivity contribution in [3.05, 3.63) is 71.9 Å². The van der Waals surface area contributed by atoms with Crippen LogP contribution in [-0.2, 0) is 6.42 Å². The van der Waals surface area contributed by atoms with E-state index in [1.54, 1.807) is 0 Å². The van der Waals surface area contributed by atoms with Crippen LogP contribution in [-0.4, -0.2) is 20.4 Å². The minimum Gasteiger partial charge on any atom is -0.410 e. The van der Waals surface area contributed by atoms with Crippen LogP contribution in [0.4, 0.5) is 0 Å². The fourth-order valence-electron chi connectivity index (χ4n) is 2.06. The smallest absolute Gasteiger partial charge is 0.120 e. The SMILES string of the molecule is On1nnc(-c2ccccc2)c1Cc1ccccc1. The molecule has 3 rings (SSSR count). The molecule has 0 aliphatic carbocycles. The number of nitrogens with zero attached hydrogens (tertiary/aromatic N) is 3. The molecule has 0 saturated heterocycles. The molecule has 0 aliphatic rings. The summed E-state index contributed by atoms with van der Waals surface area (Å²) in [6.45, 7) is 0. The van der Waals surface area contributed by atoms with Gasteiger partial charge in [0.25, 0.3) is 0 Å². The Hall–Kier alpha value is -2.62. The molecule has 0 atom stereocenters. The van der Waals surface area contributed by atoms with Crippen molar-refractivity contribution in [2.45, 2.75) is 6.42 Å². The van der Waals surface area contributed by atoms with Crippen LogP contribution in [0.15, 0.2) is 60.7 Å². The third-order valence-electron chi connectivity index (χ3n) is 3.01. The van der Waals surface area contributed by atoms with Crippen molar-refractivity contribution in [3.63, 3.8) is 0 Å². The molecular formula is C15H13N3O. The number of benzene rings is 2. The molecule has 2 aromatic carbocycles. The van der Waals surface area contributed by atoms with Gasteiger partial charge in [0.2, 0.25) is 0 Å². The van der Waals surface area contributed by atoms with Crippen molar-refractivity contribution in [1.82, 2.24) is 15.2 Å². The molecule has 1 aromatic heterocycles. The van der Waals surface area contributed by atoms with Crippen molar-refractivity contribution in [1.29, 1.82) is 0 Å². The Bertz CT molecular complexity index is 662. The third-order valence-corrected chi connectivity index (χ3v) is 3.01. The normalized spacial score (nSPS) is 10.5. The Balaban J connectivity index is 2.00. The van der Waals surface area contributed by atoms with E-state index in [2.05, 4.69) is 10.3 Å².